The van der Waals surface area contributed by atoms with Crippen LogP contribution in [0.3, 0.4) is 0 Å². The van der Waals surface area contributed by atoms with Crippen LogP contribution in [0, 0.1) is 24.2 Å². The van der Waals surface area contributed by atoms with Gasteiger partial charge in [0.15, 0.2) is 0 Å². The lowest BCUT2D eigenvalue weighted by Gasteiger charge is -2.23. The third-order valence-electron chi connectivity index (χ3n) is 6.92. The summed E-state index contributed by atoms with van der Waals surface area (Å²) in [4.78, 5) is 0. The van der Waals surface area contributed by atoms with E-state index in [9.17, 15) is 0 Å². The molecule has 0 N–H and O–H groups in total. The number of hydrogen-bond acceptors (Lipinski definition) is 1. The third-order valence-corrected chi connectivity index (χ3v) is 6.92. The van der Waals surface area contributed by atoms with Crippen LogP contribution < -0.4 is 0 Å². The van der Waals surface area contributed by atoms with Gasteiger partial charge < -0.3 is 4.42 Å². The van der Waals surface area contributed by atoms with Crippen molar-refractivity contribution in [3.05, 3.63) is 88.9 Å². The fourth-order valence-electron chi connectivity index (χ4n) is 4.94. The Morgan fingerprint density at radius 1 is 0.970 bits per heavy atom. The van der Waals surface area contributed by atoms with E-state index in [-0.39, 0.29) is 0 Å². The number of allylic oxidation sites excluding steroid dienone is 6. The largest absolute Gasteiger partial charge is 0.469 e. The summed E-state index contributed by atoms with van der Waals surface area (Å²) >= 11 is 0. The number of unbranched alkanes of at least 4 members (excludes halogenated alkanes) is 1. The summed E-state index contributed by atoms with van der Waals surface area (Å²) in [6, 6.07) is 14.8. The molecule has 1 aromatic carbocycles. The van der Waals surface area contributed by atoms with Crippen LogP contribution in [0.15, 0.2) is 82.0 Å². The highest BCUT2D eigenvalue weighted by atomic mass is 16.3. The average Bonchev–Trinajstić information content (AvgIpc) is 3.30. The molecule has 0 fully saturated rings. The van der Waals surface area contributed by atoms with Crippen LogP contribution in [-0.2, 0) is 0 Å². The normalized spacial score (nSPS) is 16.1. The van der Waals surface area contributed by atoms with E-state index in [1.165, 1.54) is 54.4 Å². The van der Waals surface area contributed by atoms with E-state index in [0.717, 1.165) is 24.2 Å². The lowest BCUT2D eigenvalue weighted by molar-refractivity contribution is 0.424. The van der Waals surface area contributed by atoms with Crippen LogP contribution in [-0.4, -0.2) is 0 Å². The Morgan fingerprint density at radius 2 is 1.73 bits per heavy atom. The SMILES string of the molecule is C#CC1=C(C(C)C)C=C(c2ccccc2)CC=C1C(CCCC)CCCC(C)c1ccco1. The van der Waals surface area contributed by atoms with E-state index in [2.05, 4.69) is 82.2 Å². The molecule has 3 rings (SSSR count). The minimum absolute atomic E-state index is 0.391. The van der Waals surface area contributed by atoms with E-state index in [1.54, 1.807) is 6.26 Å². The molecule has 0 aliphatic heterocycles. The highest BCUT2D eigenvalue weighted by Gasteiger charge is 2.23. The summed E-state index contributed by atoms with van der Waals surface area (Å²) in [5.41, 5.74) is 6.51. The molecule has 1 nitrogen and oxygen atoms in total. The van der Waals surface area contributed by atoms with Gasteiger partial charge >= 0.3 is 0 Å². The van der Waals surface area contributed by atoms with E-state index >= 15 is 0 Å². The van der Waals surface area contributed by atoms with Gasteiger partial charge in [-0.2, -0.15) is 0 Å². The maximum absolute atomic E-state index is 6.19. The predicted octanol–water partition coefficient (Wildman–Crippen LogP) is 9.36. The Hall–Kier alpha value is -2.72. The fourth-order valence-corrected chi connectivity index (χ4v) is 4.94. The molecule has 174 valence electrons. The molecular weight excluding hydrogens is 400 g/mol. The lowest BCUT2D eigenvalue weighted by Crippen LogP contribution is -2.10. The Balaban J connectivity index is 1.87. The van der Waals surface area contributed by atoms with Gasteiger partial charge in [0.2, 0.25) is 0 Å². The minimum Gasteiger partial charge on any atom is -0.469 e. The molecule has 0 spiro atoms. The number of rotatable bonds is 11. The summed E-state index contributed by atoms with van der Waals surface area (Å²) in [5, 5.41) is 0. The Bertz CT molecular complexity index is 993. The molecule has 33 heavy (non-hydrogen) atoms. The fraction of sp³-hybridized carbons (Fsp3) is 0.438. The molecule has 1 aliphatic carbocycles. The molecule has 2 atom stereocenters. The summed E-state index contributed by atoms with van der Waals surface area (Å²) in [6.45, 7) is 9.08. The van der Waals surface area contributed by atoms with Crippen LogP contribution in [0.25, 0.3) is 5.57 Å². The van der Waals surface area contributed by atoms with Crippen LogP contribution in [0.1, 0.15) is 89.9 Å². The topological polar surface area (TPSA) is 13.1 Å². The maximum atomic E-state index is 6.19. The van der Waals surface area contributed by atoms with Gasteiger partial charge in [-0.05, 0) is 71.9 Å². The van der Waals surface area contributed by atoms with E-state index < -0.39 is 0 Å². The Morgan fingerprint density at radius 3 is 2.36 bits per heavy atom. The first-order valence-corrected chi connectivity index (χ1v) is 12.8. The first-order valence-electron chi connectivity index (χ1n) is 12.8. The number of hydrogen-bond donors (Lipinski definition) is 0. The summed E-state index contributed by atoms with van der Waals surface area (Å²) in [5.74, 6) is 5.58. The molecule has 1 aliphatic rings. The molecular formula is C32H40O. The maximum Gasteiger partial charge on any atom is 0.106 e. The monoisotopic (exact) mass is 440 g/mol. The second-order valence-corrected chi connectivity index (χ2v) is 9.72. The molecule has 0 amide bonds. The van der Waals surface area contributed by atoms with Gasteiger partial charge in [-0.3, -0.25) is 0 Å². The summed E-state index contributed by atoms with van der Waals surface area (Å²) in [6.07, 6.45) is 20.9. The van der Waals surface area contributed by atoms with E-state index in [0.29, 0.717) is 17.8 Å². The second-order valence-electron chi connectivity index (χ2n) is 9.72. The van der Waals surface area contributed by atoms with Crippen LogP contribution in [0.2, 0.25) is 0 Å². The highest BCUT2D eigenvalue weighted by molar-refractivity contribution is 5.73. The first-order chi connectivity index (χ1) is 16.0. The van der Waals surface area contributed by atoms with Crippen molar-refractivity contribution in [2.45, 2.75) is 78.6 Å². The standard InChI is InChI=1S/C32H40O/c1-6-8-15-27(18-12-14-25(5)32-19-13-22-33-32)30-21-20-28(26-16-10-9-11-17-26)23-31(24(3)4)29(30)7-2/h2,9-11,13,16-17,19,21-25,27H,6,8,12,14-15,18,20H2,1,3-5H3. The van der Waals surface area contributed by atoms with Crippen molar-refractivity contribution in [2.24, 2.45) is 11.8 Å². The molecule has 2 aromatic rings. The molecule has 0 radical (unpaired) electrons. The average molecular weight is 441 g/mol. The van der Waals surface area contributed by atoms with Crippen LogP contribution >= 0.6 is 0 Å². The quantitative estimate of drug-likeness (QED) is 0.317. The zero-order valence-corrected chi connectivity index (χ0v) is 20.9. The van der Waals surface area contributed by atoms with Crippen molar-refractivity contribution in [3.63, 3.8) is 0 Å². The van der Waals surface area contributed by atoms with Crippen molar-refractivity contribution >= 4 is 5.57 Å². The highest BCUT2D eigenvalue weighted by Crippen LogP contribution is 2.38. The van der Waals surface area contributed by atoms with Crippen molar-refractivity contribution in [1.29, 1.82) is 0 Å². The zero-order chi connectivity index (χ0) is 23.6. The number of furan rings is 1. The van der Waals surface area contributed by atoms with Gasteiger partial charge in [0.25, 0.3) is 0 Å². The van der Waals surface area contributed by atoms with Gasteiger partial charge in [0.05, 0.1) is 6.26 Å². The molecule has 0 saturated carbocycles. The van der Waals surface area contributed by atoms with Gasteiger partial charge in [-0.15, -0.1) is 6.42 Å². The summed E-state index contributed by atoms with van der Waals surface area (Å²) < 4.78 is 5.63. The molecule has 2 unspecified atom stereocenters. The predicted molar refractivity (Wildman–Crippen MR) is 142 cm³/mol. The number of terminal acetylenes is 1. The molecule has 1 heteroatoms. The van der Waals surface area contributed by atoms with E-state index in [4.69, 9.17) is 10.8 Å². The molecule has 1 aromatic heterocycles. The van der Waals surface area contributed by atoms with Crippen LogP contribution in [0.4, 0.5) is 0 Å². The van der Waals surface area contributed by atoms with Gasteiger partial charge in [0, 0.05) is 11.5 Å². The van der Waals surface area contributed by atoms with Crippen LogP contribution in [0.5, 0.6) is 0 Å². The van der Waals surface area contributed by atoms with Gasteiger partial charge in [-0.25, -0.2) is 0 Å². The van der Waals surface area contributed by atoms with Crippen molar-refractivity contribution in [3.8, 4) is 12.3 Å². The van der Waals surface area contributed by atoms with Crippen molar-refractivity contribution in [1.82, 2.24) is 0 Å². The Labute approximate surface area is 201 Å². The summed E-state index contributed by atoms with van der Waals surface area (Å²) in [7, 11) is 0. The third kappa shape index (κ3) is 6.64. The van der Waals surface area contributed by atoms with Crippen molar-refractivity contribution in [2.75, 3.05) is 0 Å². The first kappa shape index (κ1) is 24.9. The second kappa shape index (κ2) is 12.5. The minimum atomic E-state index is 0.391. The smallest absolute Gasteiger partial charge is 0.106 e. The Kier molecular flexibility index (Phi) is 9.44. The number of benzene rings is 1. The molecule has 1 heterocycles. The van der Waals surface area contributed by atoms with Gasteiger partial charge in [0.1, 0.15) is 5.76 Å². The lowest BCUT2D eigenvalue weighted by atomic mass is 9.81. The molecule has 0 saturated heterocycles. The zero-order valence-electron chi connectivity index (χ0n) is 20.9. The molecule has 0 bridgehead atoms. The van der Waals surface area contributed by atoms with E-state index in [1.807, 2.05) is 6.07 Å². The van der Waals surface area contributed by atoms with Gasteiger partial charge in [-0.1, -0.05) is 95.4 Å². The van der Waals surface area contributed by atoms with Crippen molar-refractivity contribution < 1.29 is 4.42 Å².